The van der Waals surface area contributed by atoms with Crippen molar-refractivity contribution in [3.63, 3.8) is 0 Å². The van der Waals surface area contributed by atoms with Gasteiger partial charge in [-0.15, -0.1) is 0 Å². The standard InChI is InChI=1S/C15H24N4O2S/c1-3-5-7-12(4-2)11-16-15(22)18-17-13-8-6-9-14(10-13)19(20)21/h6,8-10,12,17H,3-5,7,11H2,1-2H3,(H2,16,18,22)/t12-/m1/s1. The molecule has 22 heavy (non-hydrogen) atoms. The molecule has 0 aliphatic heterocycles. The molecule has 122 valence electrons. The van der Waals surface area contributed by atoms with E-state index in [1.165, 1.54) is 31.4 Å². The SMILES string of the molecule is CCCC[C@@H](CC)CNC(=S)NNc1cccc([N+](=O)[O-])c1. The van der Waals surface area contributed by atoms with Crippen LogP contribution in [0, 0.1) is 16.0 Å². The summed E-state index contributed by atoms with van der Waals surface area (Å²) in [6.45, 7) is 5.20. The fraction of sp³-hybridized carbons (Fsp3) is 0.533. The number of nitro groups is 1. The summed E-state index contributed by atoms with van der Waals surface area (Å²) >= 11 is 5.20. The Balaban J connectivity index is 2.36. The lowest BCUT2D eigenvalue weighted by atomic mass is 9.99. The van der Waals surface area contributed by atoms with Gasteiger partial charge in [0.1, 0.15) is 0 Å². The minimum absolute atomic E-state index is 0.0382. The zero-order chi connectivity index (χ0) is 16.4. The second-order valence-corrected chi connectivity index (χ2v) is 5.59. The molecule has 0 aliphatic carbocycles. The number of hydrazine groups is 1. The van der Waals surface area contributed by atoms with Crippen molar-refractivity contribution in [1.29, 1.82) is 0 Å². The maximum Gasteiger partial charge on any atom is 0.271 e. The topological polar surface area (TPSA) is 79.2 Å². The fourth-order valence-electron chi connectivity index (χ4n) is 2.05. The van der Waals surface area contributed by atoms with Gasteiger partial charge in [0.05, 0.1) is 10.6 Å². The van der Waals surface area contributed by atoms with Crippen LogP contribution >= 0.6 is 12.2 Å². The third kappa shape index (κ3) is 6.71. The van der Waals surface area contributed by atoms with Crippen LogP contribution in [-0.4, -0.2) is 16.6 Å². The minimum atomic E-state index is -0.429. The number of hydrogen-bond donors (Lipinski definition) is 3. The molecule has 0 saturated carbocycles. The van der Waals surface area contributed by atoms with Gasteiger partial charge in [0.25, 0.3) is 5.69 Å². The first kappa shape index (κ1) is 18.2. The number of nitrogens with one attached hydrogen (secondary N) is 3. The van der Waals surface area contributed by atoms with Crippen LogP contribution in [0.15, 0.2) is 24.3 Å². The highest BCUT2D eigenvalue weighted by Crippen LogP contribution is 2.16. The Morgan fingerprint density at radius 2 is 2.18 bits per heavy atom. The van der Waals surface area contributed by atoms with Crippen molar-refractivity contribution in [2.75, 3.05) is 12.0 Å². The van der Waals surface area contributed by atoms with Gasteiger partial charge in [0.2, 0.25) is 0 Å². The molecule has 0 spiro atoms. The van der Waals surface area contributed by atoms with E-state index >= 15 is 0 Å². The lowest BCUT2D eigenvalue weighted by Gasteiger charge is -2.17. The van der Waals surface area contributed by atoms with Gasteiger partial charge in [0, 0.05) is 18.7 Å². The lowest BCUT2D eigenvalue weighted by Crippen LogP contribution is -2.40. The zero-order valence-electron chi connectivity index (χ0n) is 13.1. The van der Waals surface area contributed by atoms with Crippen LogP contribution in [0.1, 0.15) is 39.5 Å². The number of unbranched alkanes of at least 4 members (excludes halogenated alkanes) is 1. The number of non-ortho nitro benzene ring substituents is 1. The highest BCUT2D eigenvalue weighted by molar-refractivity contribution is 7.80. The first-order valence-electron chi connectivity index (χ1n) is 7.61. The quantitative estimate of drug-likeness (QED) is 0.366. The van der Waals surface area contributed by atoms with Gasteiger partial charge < -0.3 is 5.32 Å². The Bertz CT molecular complexity index is 496. The highest BCUT2D eigenvalue weighted by atomic mass is 32.1. The summed E-state index contributed by atoms with van der Waals surface area (Å²) in [6.07, 6.45) is 4.74. The van der Waals surface area contributed by atoms with Gasteiger partial charge in [-0.05, 0) is 30.6 Å². The van der Waals surface area contributed by atoms with Crippen LogP contribution in [0.3, 0.4) is 0 Å². The number of nitrogens with zero attached hydrogens (tertiary/aromatic N) is 1. The molecular weight excluding hydrogens is 300 g/mol. The number of nitro benzene ring substituents is 1. The zero-order valence-corrected chi connectivity index (χ0v) is 13.9. The predicted molar refractivity (Wildman–Crippen MR) is 93.8 cm³/mol. The summed E-state index contributed by atoms with van der Waals surface area (Å²) in [7, 11) is 0. The average Bonchev–Trinajstić information content (AvgIpc) is 2.53. The Hall–Kier alpha value is -1.89. The Morgan fingerprint density at radius 3 is 2.82 bits per heavy atom. The fourth-order valence-corrected chi connectivity index (χ4v) is 2.19. The molecule has 1 aromatic rings. The van der Waals surface area contributed by atoms with Crippen LogP contribution in [0.2, 0.25) is 0 Å². The number of hydrogen-bond acceptors (Lipinski definition) is 4. The first-order valence-corrected chi connectivity index (χ1v) is 8.02. The van der Waals surface area contributed by atoms with Crippen molar-refractivity contribution >= 4 is 28.7 Å². The number of rotatable bonds is 9. The molecule has 0 saturated heterocycles. The van der Waals surface area contributed by atoms with Crippen LogP contribution < -0.4 is 16.2 Å². The normalized spacial score (nSPS) is 11.5. The number of thiocarbonyl (C=S) groups is 1. The predicted octanol–water partition coefficient (Wildman–Crippen LogP) is 3.60. The molecule has 0 radical (unpaired) electrons. The Labute approximate surface area is 136 Å². The largest absolute Gasteiger partial charge is 0.361 e. The summed E-state index contributed by atoms with van der Waals surface area (Å²) < 4.78 is 0. The molecule has 3 N–H and O–H groups in total. The van der Waals surface area contributed by atoms with Crippen LogP contribution in [0.5, 0.6) is 0 Å². The molecule has 0 amide bonds. The van der Waals surface area contributed by atoms with Crippen LogP contribution in [0.4, 0.5) is 11.4 Å². The van der Waals surface area contributed by atoms with Gasteiger partial charge in [-0.1, -0.05) is 39.2 Å². The summed E-state index contributed by atoms with van der Waals surface area (Å²) in [5.74, 6) is 0.609. The number of anilines is 1. The molecular formula is C15H24N4O2S. The van der Waals surface area contributed by atoms with Gasteiger partial charge in [-0.3, -0.25) is 21.0 Å². The van der Waals surface area contributed by atoms with E-state index in [0.717, 1.165) is 13.0 Å². The molecule has 7 heteroatoms. The van der Waals surface area contributed by atoms with Crippen molar-refractivity contribution in [2.45, 2.75) is 39.5 Å². The van der Waals surface area contributed by atoms with E-state index in [1.54, 1.807) is 12.1 Å². The summed E-state index contributed by atoms with van der Waals surface area (Å²) in [5, 5.41) is 14.4. The molecule has 0 aromatic heterocycles. The molecule has 1 aromatic carbocycles. The van der Waals surface area contributed by atoms with Crippen molar-refractivity contribution in [1.82, 2.24) is 10.7 Å². The van der Waals surface area contributed by atoms with Crippen LogP contribution in [-0.2, 0) is 0 Å². The molecule has 0 heterocycles. The smallest absolute Gasteiger partial charge is 0.271 e. The van der Waals surface area contributed by atoms with Crippen LogP contribution in [0.25, 0.3) is 0 Å². The van der Waals surface area contributed by atoms with Crippen molar-refractivity contribution < 1.29 is 4.92 Å². The molecule has 0 aliphatic rings. The lowest BCUT2D eigenvalue weighted by molar-refractivity contribution is -0.384. The molecule has 1 rings (SSSR count). The van der Waals surface area contributed by atoms with Gasteiger partial charge in [-0.2, -0.15) is 0 Å². The second kappa shape index (κ2) is 9.94. The van der Waals surface area contributed by atoms with Crippen molar-refractivity contribution in [2.24, 2.45) is 5.92 Å². The minimum Gasteiger partial charge on any atom is -0.361 e. The van der Waals surface area contributed by atoms with E-state index in [9.17, 15) is 10.1 Å². The third-order valence-electron chi connectivity index (χ3n) is 3.47. The van der Waals surface area contributed by atoms with E-state index in [-0.39, 0.29) is 5.69 Å². The molecule has 0 fully saturated rings. The molecule has 6 nitrogen and oxygen atoms in total. The maximum absolute atomic E-state index is 10.7. The molecule has 0 bridgehead atoms. The number of benzene rings is 1. The Kier molecular flexibility index (Phi) is 8.21. The second-order valence-electron chi connectivity index (χ2n) is 5.18. The highest BCUT2D eigenvalue weighted by Gasteiger charge is 2.07. The molecule has 1 atom stereocenters. The summed E-state index contributed by atoms with van der Waals surface area (Å²) in [5.41, 5.74) is 6.35. The van der Waals surface area contributed by atoms with Gasteiger partial charge in [0.15, 0.2) is 5.11 Å². The monoisotopic (exact) mass is 324 g/mol. The van der Waals surface area contributed by atoms with E-state index in [0.29, 0.717) is 16.7 Å². The maximum atomic E-state index is 10.7. The van der Waals surface area contributed by atoms with E-state index in [1.807, 2.05) is 0 Å². The van der Waals surface area contributed by atoms with E-state index in [4.69, 9.17) is 12.2 Å². The van der Waals surface area contributed by atoms with Gasteiger partial charge in [-0.25, -0.2) is 0 Å². The van der Waals surface area contributed by atoms with E-state index < -0.39 is 4.92 Å². The van der Waals surface area contributed by atoms with E-state index in [2.05, 4.69) is 30.0 Å². The Morgan fingerprint density at radius 1 is 1.41 bits per heavy atom. The van der Waals surface area contributed by atoms with Crippen molar-refractivity contribution in [3.8, 4) is 0 Å². The first-order chi connectivity index (χ1) is 10.6. The third-order valence-corrected chi connectivity index (χ3v) is 3.72. The van der Waals surface area contributed by atoms with Gasteiger partial charge >= 0.3 is 0 Å². The molecule has 0 unspecified atom stereocenters. The summed E-state index contributed by atoms with van der Waals surface area (Å²) in [4.78, 5) is 10.3. The average molecular weight is 324 g/mol. The summed E-state index contributed by atoms with van der Waals surface area (Å²) in [6, 6.07) is 6.25. The van der Waals surface area contributed by atoms with Crippen molar-refractivity contribution in [3.05, 3.63) is 34.4 Å².